The third-order valence-electron chi connectivity index (χ3n) is 1.50. The average Bonchev–Trinajstić information content (AvgIpc) is 2.65. The zero-order valence-corrected chi connectivity index (χ0v) is 6.99. The van der Waals surface area contributed by atoms with E-state index in [-0.39, 0.29) is 11.6 Å². The second-order valence-electron chi connectivity index (χ2n) is 2.42. The van der Waals surface area contributed by atoms with Crippen LogP contribution >= 0.6 is 0 Å². The number of anilines is 1. The first-order valence-electron chi connectivity index (χ1n) is 3.69. The van der Waals surface area contributed by atoms with E-state index >= 15 is 0 Å². The van der Waals surface area contributed by atoms with Crippen molar-refractivity contribution in [2.24, 2.45) is 0 Å². The Labute approximate surface area is 78.9 Å². The van der Waals surface area contributed by atoms with Gasteiger partial charge in [-0.3, -0.25) is 0 Å². The molecule has 2 heterocycles. The minimum absolute atomic E-state index is 0.163. The highest BCUT2D eigenvalue weighted by Gasteiger charge is 2.01. The molecule has 0 atom stereocenters. The van der Waals surface area contributed by atoms with Gasteiger partial charge in [0.2, 0.25) is 5.95 Å². The highest BCUT2D eigenvalue weighted by Crippen LogP contribution is 2.01. The van der Waals surface area contributed by atoms with Crippen molar-refractivity contribution in [3.63, 3.8) is 0 Å². The molecule has 2 N–H and O–H groups in total. The van der Waals surface area contributed by atoms with Gasteiger partial charge in [-0.1, -0.05) is 0 Å². The number of rotatable bonds is 1. The van der Waals surface area contributed by atoms with Crippen molar-refractivity contribution in [2.75, 3.05) is 5.73 Å². The molecule has 0 aliphatic carbocycles. The van der Waals surface area contributed by atoms with Crippen molar-refractivity contribution in [1.29, 1.82) is 5.26 Å². The maximum atomic E-state index is 8.50. The standard InChI is InChI=1S/C7H5N7/c8-1-5-2-11-6(3-10-5)14-4-12-7(9)13-14/h2-4H,(H2,9,13). The van der Waals surface area contributed by atoms with Gasteiger partial charge in [-0.15, -0.1) is 5.10 Å². The van der Waals surface area contributed by atoms with Gasteiger partial charge in [0, 0.05) is 0 Å². The molecule has 7 heteroatoms. The molecule has 0 bridgehead atoms. The van der Waals surface area contributed by atoms with E-state index in [1.165, 1.54) is 23.4 Å². The third kappa shape index (κ3) is 1.36. The van der Waals surface area contributed by atoms with E-state index in [4.69, 9.17) is 11.0 Å². The molecule has 0 unspecified atom stereocenters. The van der Waals surface area contributed by atoms with Crippen LogP contribution in [0, 0.1) is 11.3 Å². The SMILES string of the molecule is N#Cc1cnc(-n2cnc(N)n2)cn1. The number of aromatic nitrogens is 5. The molecular weight excluding hydrogens is 182 g/mol. The van der Waals surface area contributed by atoms with Gasteiger partial charge in [0.05, 0.1) is 12.4 Å². The van der Waals surface area contributed by atoms with Crippen LogP contribution in [-0.4, -0.2) is 24.7 Å². The summed E-state index contributed by atoms with van der Waals surface area (Å²) in [6.07, 6.45) is 4.20. The predicted molar refractivity (Wildman–Crippen MR) is 46.1 cm³/mol. The van der Waals surface area contributed by atoms with E-state index in [0.29, 0.717) is 5.82 Å². The number of nitrogens with zero attached hydrogens (tertiary/aromatic N) is 6. The molecule has 2 aromatic heterocycles. The van der Waals surface area contributed by atoms with Gasteiger partial charge in [-0.05, 0) is 0 Å². The molecule has 2 rings (SSSR count). The van der Waals surface area contributed by atoms with Crippen LogP contribution in [0.1, 0.15) is 5.69 Å². The second-order valence-corrected chi connectivity index (χ2v) is 2.42. The van der Waals surface area contributed by atoms with Gasteiger partial charge in [-0.2, -0.15) is 9.94 Å². The van der Waals surface area contributed by atoms with E-state index in [1.54, 1.807) is 0 Å². The number of nitrogen functional groups attached to an aromatic ring is 1. The van der Waals surface area contributed by atoms with Crippen LogP contribution in [0.3, 0.4) is 0 Å². The van der Waals surface area contributed by atoms with E-state index in [9.17, 15) is 0 Å². The van der Waals surface area contributed by atoms with Crippen molar-refractivity contribution in [1.82, 2.24) is 24.7 Å². The molecule has 0 aliphatic rings. The first kappa shape index (κ1) is 8.12. The molecule has 7 nitrogen and oxygen atoms in total. The van der Waals surface area contributed by atoms with Crippen molar-refractivity contribution < 1.29 is 0 Å². The van der Waals surface area contributed by atoms with Crippen LogP contribution in [0.5, 0.6) is 0 Å². The van der Waals surface area contributed by atoms with E-state index < -0.39 is 0 Å². The number of hydrogen-bond acceptors (Lipinski definition) is 6. The quantitative estimate of drug-likeness (QED) is 0.645. The van der Waals surface area contributed by atoms with Crippen molar-refractivity contribution >= 4 is 5.95 Å². The zero-order chi connectivity index (χ0) is 9.97. The van der Waals surface area contributed by atoms with E-state index in [2.05, 4.69) is 20.1 Å². The average molecular weight is 187 g/mol. The maximum Gasteiger partial charge on any atom is 0.239 e. The Morgan fingerprint density at radius 1 is 1.29 bits per heavy atom. The minimum atomic E-state index is 0.163. The van der Waals surface area contributed by atoms with E-state index in [1.807, 2.05) is 6.07 Å². The molecule has 0 spiro atoms. The summed E-state index contributed by atoms with van der Waals surface area (Å²) in [4.78, 5) is 11.5. The van der Waals surface area contributed by atoms with Gasteiger partial charge in [0.1, 0.15) is 12.4 Å². The first-order chi connectivity index (χ1) is 6.79. The molecule has 0 fully saturated rings. The highest BCUT2D eigenvalue weighted by atomic mass is 15.4. The van der Waals surface area contributed by atoms with Gasteiger partial charge < -0.3 is 5.73 Å². The van der Waals surface area contributed by atoms with Crippen molar-refractivity contribution in [2.45, 2.75) is 0 Å². The first-order valence-corrected chi connectivity index (χ1v) is 3.69. The van der Waals surface area contributed by atoms with Gasteiger partial charge >= 0.3 is 0 Å². The van der Waals surface area contributed by atoms with Gasteiger partial charge in [0.25, 0.3) is 0 Å². The second kappa shape index (κ2) is 3.10. The molecule has 0 radical (unpaired) electrons. The lowest BCUT2D eigenvalue weighted by Gasteiger charge is -1.96. The molecule has 0 amide bonds. The highest BCUT2D eigenvalue weighted by molar-refractivity contribution is 5.24. The lowest BCUT2D eigenvalue weighted by Crippen LogP contribution is -2.00. The van der Waals surface area contributed by atoms with Crippen LogP contribution in [0.25, 0.3) is 5.82 Å². The summed E-state index contributed by atoms with van der Waals surface area (Å²) < 4.78 is 1.38. The Morgan fingerprint density at radius 2 is 2.14 bits per heavy atom. The predicted octanol–water partition coefficient (Wildman–Crippen LogP) is -0.489. The Kier molecular flexibility index (Phi) is 1.80. The van der Waals surface area contributed by atoms with Crippen molar-refractivity contribution in [3.8, 4) is 11.9 Å². The topological polar surface area (TPSA) is 106 Å². The van der Waals surface area contributed by atoms with Crippen LogP contribution in [0.15, 0.2) is 18.7 Å². The lowest BCUT2D eigenvalue weighted by atomic mass is 10.5. The van der Waals surface area contributed by atoms with Crippen LogP contribution in [-0.2, 0) is 0 Å². The van der Waals surface area contributed by atoms with Crippen LogP contribution < -0.4 is 5.73 Å². The van der Waals surface area contributed by atoms with E-state index in [0.717, 1.165) is 0 Å². The monoisotopic (exact) mass is 187 g/mol. The molecule has 0 saturated carbocycles. The van der Waals surface area contributed by atoms with Crippen LogP contribution in [0.2, 0.25) is 0 Å². The summed E-state index contributed by atoms with van der Waals surface area (Å²) in [7, 11) is 0. The molecule has 0 saturated heterocycles. The summed E-state index contributed by atoms with van der Waals surface area (Å²) in [5, 5.41) is 12.3. The third-order valence-corrected chi connectivity index (χ3v) is 1.50. The van der Waals surface area contributed by atoms with Crippen molar-refractivity contribution in [3.05, 3.63) is 24.4 Å². The molecule has 2 aromatic rings. The molecule has 68 valence electrons. The lowest BCUT2D eigenvalue weighted by molar-refractivity contribution is 0.838. The summed E-state index contributed by atoms with van der Waals surface area (Å²) in [6, 6.07) is 1.87. The largest absolute Gasteiger partial charge is 0.366 e. The smallest absolute Gasteiger partial charge is 0.239 e. The Morgan fingerprint density at radius 3 is 2.64 bits per heavy atom. The summed E-state index contributed by atoms with van der Waals surface area (Å²) in [5.41, 5.74) is 5.58. The fourth-order valence-electron chi connectivity index (χ4n) is 0.884. The normalized spacial score (nSPS) is 9.64. The van der Waals surface area contributed by atoms with Crippen LogP contribution in [0.4, 0.5) is 5.95 Å². The fourth-order valence-corrected chi connectivity index (χ4v) is 0.884. The Balaban J connectivity index is 2.39. The fraction of sp³-hybridized carbons (Fsp3) is 0. The number of nitriles is 1. The maximum absolute atomic E-state index is 8.50. The summed E-state index contributed by atoms with van der Waals surface area (Å²) in [6.45, 7) is 0. The number of hydrogen-bond donors (Lipinski definition) is 1. The molecular formula is C7H5N7. The van der Waals surface area contributed by atoms with Gasteiger partial charge in [0.15, 0.2) is 11.5 Å². The summed E-state index contributed by atoms with van der Waals surface area (Å²) >= 11 is 0. The Bertz CT molecular complexity index is 477. The zero-order valence-electron chi connectivity index (χ0n) is 6.99. The molecule has 0 aliphatic heterocycles. The Hall–Kier alpha value is -2.49. The molecule has 14 heavy (non-hydrogen) atoms. The van der Waals surface area contributed by atoms with Gasteiger partial charge in [-0.25, -0.2) is 15.0 Å². The molecule has 0 aromatic carbocycles. The number of nitrogens with two attached hydrogens (primary N) is 1. The minimum Gasteiger partial charge on any atom is -0.366 e. The summed E-state index contributed by atoms with van der Waals surface area (Å²) in [5.74, 6) is 0.629.